The van der Waals surface area contributed by atoms with Crippen LogP contribution < -0.4 is 5.32 Å². The summed E-state index contributed by atoms with van der Waals surface area (Å²) < 4.78 is 37.4. The maximum absolute atomic E-state index is 13.3. The minimum atomic E-state index is -0.856. The van der Waals surface area contributed by atoms with Gasteiger partial charge < -0.3 is 14.5 Å². The molecule has 6 heteroatoms. The van der Waals surface area contributed by atoms with Crippen LogP contribution in [0.25, 0.3) is 0 Å². The van der Waals surface area contributed by atoms with Crippen molar-refractivity contribution in [2.45, 2.75) is 32.0 Å². The molecule has 0 radical (unpaired) electrons. The lowest BCUT2D eigenvalue weighted by atomic mass is 10.0. The fourth-order valence-corrected chi connectivity index (χ4v) is 2.52. The number of oxazole rings is 1. The van der Waals surface area contributed by atoms with E-state index in [9.17, 15) is 8.78 Å². The molecule has 1 N–H and O–H groups in total. The molecule has 1 aliphatic heterocycles. The Balaban J connectivity index is 1.68. The van der Waals surface area contributed by atoms with Crippen LogP contribution in [0.2, 0.25) is 0 Å². The first-order chi connectivity index (χ1) is 10.1. The molecule has 2 atom stereocenters. The van der Waals surface area contributed by atoms with E-state index >= 15 is 0 Å². The Labute approximate surface area is 121 Å². The third-order valence-electron chi connectivity index (χ3n) is 3.55. The van der Waals surface area contributed by atoms with Gasteiger partial charge in [-0.05, 0) is 31.0 Å². The third kappa shape index (κ3) is 3.11. The van der Waals surface area contributed by atoms with E-state index in [1.807, 2.05) is 6.92 Å². The summed E-state index contributed by atoms with van der Waals surface area (Å²) in [4.78, 5) is 4.12. The van der Waals surface area contributed by atoms with E-state index < -0.39 is 11.6 Å². The molecule has 0 aliphatic carbocycles. The summed E-state index contributed by atoms with van der Waals surface area (Å²) in [6.45, 7) is 2.88. The van der Waals surface area contributed by atoms with Gasteiger partial charge in [-0.15, -0.1) is 0 Å². The number of aryl methyl sites for hydroxylation is 1. The van der Waals surface area contributed by atoms with E-state index in [0.29, 0.717) is 24.6 Å². The van der Waals surface area contributed by atoms with Crippen molar-refractivity contribution in [3.63, 3.8) is 0 Å². The first kappa shape index (κ1) is 14.2. The lowest BCUT2D eigenvalue weighted by molar-refractivity contribution is 0.0976. The van der Waals surface area contributed by atoms with Gasteiger partial charge in [0, 0.05) is 12.6 Å². The van der Waals surface area contributed by atoms with E-state index in [2.05, 4.69) is 10.3 Å². The van der Waals surface area contributed by atoms with Crippen LogP contribution in [0.1, 0.15) is 29.7 Å². The molecule has 112 valence electrons. The topological polar surface area (TPSA) is 47.3 Å². The Bertz CT molecular complexity index is 630. The summed E-state index contributed by atoms with van der Waals surface area (Å²) >= 11 is 0. The van der Waals surface area contributed by atoms with Crippen LogP contribution in [0.3, 0.4) is 0 Å². The second-order valence-electron chi connectivity index (χ2n) is 5.11. The molecule has 2 heterocycles. The van der Waals surface area contributed by atoms with Crippen molar-refractivity contribution in [2.24, 2.45) is 0 Å². The summed E-state index contributed by atoms with van der Waals surface area (Å²) in [5.41, 5.74) is 0.632. The number of hydrogen-bond acceptors (Lipinski definition) is 4. The minimum Gasteiger partial charge on any atom is -0.445 e. The average Bonchev–Trinajstić information content (AvgIpc) is 3.08. The normalized spacial score (nSPS) is 21.9. The van der Waals surface area contributed by atoms with Crippen molar-refractivity contribution in [3.05, 3.63) is 53.2 Å². The predicted octanol–water partition coefficient (Wildman–Crippen LogP) is 2.88. The second-order valence-corrected chi connectivity index (χ2v) is 5.11. The Kier molecular flexibility index (Phi) is 3.98. The quantitative estimate of drug-likeness (QED) is 0.942. The van der Waals surface area contributed by atoms with Crippen LogP contribution in [-0.4, -0.2) is 17.6 Å². The molecular weight excluding hydrogens is 278 g/mol. The van der Waals surface area contributed by atoms with Crippen molar-refractivity contribution in [1.29, 1.82) is 0 Å². The summed E-state index contributed by atoms with van der Waals surface area (Å²) in [6, 6.07) is 3.89. The Morgan fingerprint density at radius 3 is 2.90 bits per heavy atom. The zero-order valence-corrected chi connectivity index (χ0v) is 11.6. The van der Waals surface area contributed by atoms with Crippen molar-refractivity contribution < 1.29 is 17.9 Å². The van der Waals surface area contributed by atoms with Gasteiger partial charge in [0.05, 0.1) is 18.8 Å². The largest absolute Gasteiger partial charge is 0.445 e. The number of nitrogens with one attached hydrogen (secondary N) is 1. The zero-order valence-electron chi connectivity index (χ0n) is 11.6. The molecule has 1 aromatic heterocycles. The van der Waals surface area contributed by atoms with Gasteiger partial charge in [0.15, 0.2) is 11.6 Å². The highest BCUT2D eigenvalue weighted by Gasteiger charge is 2.30. The molecule has 2 aromatic rings. The molecule has 1 fully saturated rings. The molecule has 0 spiro atoms. The van der Waals surface area contributed by atoms with Gasteiger partial charge in [0.1, 0.15) is 5.76 Å². The van der Waals surface area contributed by atoms with Crippen molar-refractivity contribution in [1.82, 2.24) is 10.3 Å². The van der Waals surface area contributed by atoms with Crippen LogP contribution in [0.5, 0.6) is 0 Å². The molecule has 0 saturated carbocycles. The first-order valence-corrected chi connectivity index (χ1v) is 6.85. The van der Waals surface area contributed by atoms with Gasteiger partial charge in [-0.1, -0.05) is 6.07 Å². The number of ether oxygens (including phenoxy) is 1. The van der Waals surface area contributed by atoms with Gasteiger partial charge in [0.2, 0.25) is 5.89 Å². The lowest BCUT2D eigenvalue weighted by Gasteiger charge is -2.19. The maximum Gasteiger partial charge on any atom is 0.208 e. The number of aromatic nitrogens is 1. The monoisotopic (exact) mass is 294 g/mol. The highest BCUT2D eigenvalue weighted by atomic mass is 19.2. The molecule has 4 nitrogen and oxygen atoms in total. The van der Waals surface area contributed by atoms with Crippen molar-refractivity contribution in [2.75, 3.05) is 6.61 Å². The molecule has 1 aromatic carbocycles. The molecule has 21 heavy (non-hydrogen) atoms. The van der Waals surface area contributed by atoms with E-state index in [1.54, 1.807) is 12.3 Å². The van der Waals surface area contributed by atoms with Gasteiger partial charge in [0.25, 0.3) is 0 Å². The fraction of sp³-hybridized carbons (Fsp3) is 0.400. The van der Waals surface area contributed by atoms with Crippen LogP contribution in [0, 0.1) is 18.6 Å². The number of halogens is 2. The molecule has 1 saturated heterocycles. The van der Waals surface area contributed by atoms with E-state index in [-0.39, 0.29) is 12.1 Å². The minimum absolute atomic E-state index is 0.0158. The maximum atomic E-state index is 13.3. The number of benzene rings is 1. The van der Waals surface area contributed by atoms with Crippen molar-refractivity contribution >= 4 is 0 Å². The molecule has 3 rings (SSSR count). The number of hydrogen-bond donors (Lipinski definition) is 1. The number of nitrogens with zero attached hydrogens (tertiary/aromatic N) is 1. The Morgan fingerprint density at radius 1 is 1.33 bits per heavy atom. The van der Waals surface area contributed by atoms with Crippen LogP contribution in [0.4, 0.5) is 8.78 Å². The van der Waals surface area contributed by atoms with Crippen LogP contribution in [0.15, 0.2) is 28.8 Å². The van der Waals surface area contributed by atoms with E-state index in [4.69, 9.17) is 9.15 Å². The highest BCUT2D eigenvalue weighted by molar-refractivity contribution is 5.22. The molecule has 0 bridgehead atoms. The molecule has 0 amide bonds. The smallest absolute Gasteiger partial charge is 0.208 e. The lowest BCUT2D eigenvalue weighted by Crippen LogP contribution is -2.31. The highest BCUT2D eigenvalue weighted by Crippen LogP contribution is 2.30. The summed E-state index contributed by atoms with van der Waals surface area (Å²) in [5.74, 6) is -0.350. The summed E-state index contributed by atoms with van der Waals surface area (Å²) in [6.07, 6.45) is 2.16. The second kappa shape index (κ2) is 5.91. The standard InChI is InChI=1S/C15H16F2N2O2/c1-9-7-19-14(21-9)8-18-13-4-5-20-15(13)10-2-3-11(16)12(17)6-10/h2-3,6-7,13,15,18H,4-5,8H2,1H3/t13-,15+/m1/s1. The van der Waals surface area contributed by atoms with Crippen LogP contribution >= 0.6 is 0 Å². The fourth-order valence-electron chi connectivity index (χ4n) is 2.52. The zero-order chi connectivity index (χ0) is 14.8. The first-order valence-electron chi connectivity index (χ1n) is 6.85. The third-order valence-corrected chi connectivity index (χ3v) is 3.55. The average molecular weight is 294 g/mol. The van der Waals surface area contributed by atoms with Crippen molar-refractivity contribution in [3.8, 4) is 0 Å². The molecular formula is C15H16F2N2O2. The number of rotatable bonds is 4. The predicted molar refractivity (Wildman–Crippen MR) is 71.5 cm³/mol. The van der Waals surface area contributed by atoms with Gasteiger partial charge in [-0.2, -0.15) is 0 Å². The molecule has 0 unspecified atom stereocenters. The van der Waals surface area contributed by atoms with Gasteiger partial charge >= 0.3 is 0 Å². The SMILES string of the molecule is Cc1cnc(CN[C@@H]2CCO[C@H]2c2ccc(F)c(F)c2)o1. The van der Waals surface area contributed by atoms with Gasteiger partial charge in [-0.3, -0.25) is 0 Å². The van der Waals surface area contributed by atoms with E-state index in [0.717, 1.165) is 18.2 Å². The Hall–Kier alpha value is -1.79. The summed E-state index contributed by atoms with van der Waals surface area (Å²) in [7, 11) is 0. The summed E-state index contributed by atoms with van der Waals surface area (Å²) in [5, 5.41) is 3.30. The van der Waals surface area contributed by atoms with Gasteiger partial charge in [-0.25, -0.2) is 13.8 Å². The molecule has 1 aliphatic rings. The van der Waals surface area contributed by atoms with E-state index in [1.165, 1.54) is 6.07 Å². The van der Waals surface area contributed by atoms with Crippen LogP contribution in [-0.2, 0) is 11.3 Å². The Morgan fingerprint density at radius 2 is 2.19 bits per heavy atom.